The number of primary amides is 1. The number of benzene rings is 2. The lowest BCUT2D eigenvalue weighted by Crippen LogP contribution is -2.12. The van der Waals surface area contributed by atoms with Crippen LogP contribution in [0.5, 0.6) is 0 Å². The van der Waals surface area contributed by atoms with Crippen LogP contribution in [0.3, 0.4) is 0 Å². The van der Waals surface area contributed by atoms with E-state index in [9.17, 15) is 4.79 Å². The molecule has 0 aliphatic heterocycles. The number of rotatable bonds is 2. The van der Waals surface area contributed by atoms with Crippen LogP contribution in [0.1, 0.15) is 15.9 Å². The fraction of sp³-hybridized carbons (Fsp3) is 0.0625. The molecule has 20 heavy (non-hydrogen) atoms. The maximum atomic E-state index is 11.5. The van der Waals surface area contributed by atoms with Gasteiger partial charge in [0.25, 0.3) is 0 Å². The summed E-state index contributed by atoms with van der Waals surface area (Å²) in [5, 5.41) is 1.01. The second-order valence-electron chi connectivity index (χ2n) is 4.61. The second kappa shape index (κ2) is 4.74. The smallest absolute Gasteiger partial charge is 0.249 e. The van der Waals surface area contributed by atoms with Gasteiger partial charge in [0.15, 0.2) is 5.82 Å². The molecule has 0 unspecified atom stereocenters. The molecule has 0 spiro atoms. The normalized spacial score (nSPS) is 10.7. The van der Waals surface area contributed by atoms with Crippen LogP contribution in [-0.2, 0) is 0 Å². The predicted molar refractivity (Wildman–Crippen MR) is 78.2 cm³/mol. The van der Waals surface area contributed by atoms with Crippen molar-refractivity contribution in [1.29, 1.82) is 0 Å². The van der Waals surface area contributed by atoms with E-state index in [4.69, 9.17) is 5.73 Å². The van der Waals surface area contributed by atoms with Crippen molar-refractivity contribution in [2.75, 3.05) is 0 Å². The number of carbonyl (C=O) groups is 1. The van der Waals surface area contributed by atoms with E-state index in [1.807, 2.05) is 31.2 Å². The molecule has 0 fully saturated rings. The number of aromatic nitrogens is 2. The lowest BCUT2D eigenvalue weighted by atomic mass is 10.1. The molecule has 1 aromatic heterocycles. The van der Waals surface area contributed by atoms with E-state index in [2.05, 4.69) is 9.97 Å². The fourth-order valence-electron chi connectivity index (χ4n) is 2.22. The van der Waals surface area contributed by atoms with Gasteiger partial charge < -0.3 is 5.73 Å². The van der Waals surface area contributed by atoms with Gasteiger partial charge in [0.1, 0.15) is 0 Å². The molecule has 1 heterocycles. The van der Waals surface area contributed by atoms with Gasteiger partial charge in [-0.2, -0.15) is 0 Å². The summed E-state index contributed by atoms with van der Waals surface area (Å²) in [7, 11) is 0. The van der Waals surface area contributed by atoms with Gasteiger partial charge in [-0.25, -0.2) is 9.97 Å². The van der Waals surface area contributed by atoms with Gasteiger partial charge in [0.05, 0.1) is 11.1 Å². The first kappa shape index (κ1) is 12.3. The minimum atomic E-state index is -0.478. The number of hydrogen-bond donors (Lipinski definition) is 1. The lowest BCUT2D eigenvalue weighted by molar-refractivity contribution is 0.100. The van der Waals surface area contributed by atoms with Crippen LogP contribution in [0.4, 0.5) is 0 Å². The molecule has 0 saturated carbocycles. The van der Waals surface area contributed by atoms with Gasteiger partial charge in [0.2, 0.25) is 5.91 Å². The third-order valence-corrected chi connectivity index (χ3v) is 3.28. The summed E-state index contributed by atoms with van der Waals surface area (Å²) in [6.45, 7) is 2.02. The van der Waals surface area contributed by atoms with Gasteiger partial charge in [-0.3, -0.25) is 4.79 Å². The minimum Gasteiger partial charge on any atom is -0.366 e. The number of nitrogens with two attached hydrogens (primary N) is 1. The Morgan fingerprint density at radius 2 is 1.90 bits per heavy atom. The molecule has 1 amide bonds. The molecule has 0 atom stereocenters. The van der Waals surface area contributed by atoms with Crippen LogP contribution < -0.4 is 5.73 Å². The lowest BCUT2D eigenvalue weighted by Gasteiger charge is -2.07. The molecule has 2 aromatic carbocycles. The molecule has 0 bridgehead atoms. The Morgan fingerprint density at radius 1 is 1.10 bits per heavy atom. The van der Waals surface area contributed by atoms with Crippen molar-refractivity contribution in [3.05, 3.63) is 59.8 Å². The van der Waals surface area contributed by atoms with Crippen LogP contribution in [0.15, 0.2) is 48.7 Å². The molecule has 0 aliphatic rings. The summed E-state index contributed by atoms with van der Waals surface area (Å²) in [5.74, 6) is 0.0334. The minimum absolute atomic E-state index is 0.430. The first-order valence-electron chi connectivity index (χ1n) is 6.28. The molecule has 4 heteroatoms. The zero-order valence-corrected chi connectivity index (χ0v) is 11.0. The zero-order valence-electron chi connectivity index (χ0n) is 11.0. The van der Waals surface area contributed by atoms with E-state index in [0.29, 0.717) is 17.0 Å². The third kappa shape index (κ3) is 2.01. The number of aryl methyl sites for hydroxylation is 1. The molecule has 0 saturated heterocycles. The standard InChI is InChI=1S/C16H13N3O/c1-10-5-4-8-14-13(10)9-18-16(19-14)12-7-3-2-6-11(12)15(17)20/h2-9H,1H3,(H2,17,20). The Morgan fingerprint density at radius 3 is 2.70 bits per heavy atom. The Labute approximate surface area is 116 Å². The van der Waals surface area contributed by atoms with Crippen molar-refractivity contribution in [1.82, 2.24) is 9.97 Å². The van der Waals surface area contributed by atoms with E-state index >= 15 is 0 Å². The van der Waals surface area contributed by atoms with Crippen LogP contribution in [-0.4, -0.2) is 15.9 Å². The highest BCUT2D eigenvalue weighted by atomic mass is 16.1. The maximum Gasteiger partial charge on any atom is 0.249 e. The van der Waals surface area contributed by atoms with E-state index < -0.39 is 5.91 Å². The van der Waals surface area contributed by atoms with E-state index in [1.165, 1.54) is 0 Å². The molecule has 0 aliphatic carbocycles. The van der Waals surface area contributed by atoms with Gasteiger partial charge in [-0.05, 0) is 24.6 Å². The predicted octanol–water partition coefficient (Wildman–Crippen LogP) is 2.70. The first-order chi connectivity index (χ1) is 9.66. The molecule has 2 N–H and O–H groups in total. The number of carbonyl (C=O) groups excluding carboxylic acids is 1. The molecular weight excluding hydrogens is 250 g/mol. The van der Waals surface area contributed by atoms with Crippen LogP contribution in [0, 0.1) is 6.92 Å². The fourth-order valence-corrected chi connectivity index (χ4v) is 2.22. The topological polar surface area (TPSA) is 68.9 Å². The van der Waals surface area contributed by atoms with E-state index in [1.54, 1.807) is 24.4 Å². The van der Waals surface area contributed by atoms with Crippen LogP contribution in [0.2, 0.25) is 0 Å². The molecule has 98 valence electrons. The summed E-state index contributed by atoms with van der Waals surface area (Å²) in [5.41, 5.74) is 8.46. The molecule has 4 nitrogen and oxygen atoms in total. The van der Waals surface area contributed by atoms with Crippen molar-refractivity contribution < 1.29 is 4.79 Å². The summed E-state index contributed by atoms with van der Waals surface area (Å²) in [4.78, 5) is 20.4. The van der Waals surface area contributed by atoms with Crippen molar-refractivity contribution in [3.63, 3.8) is 0 Å². The quantitative estimate of drug-likeness (QED) is 0.772. The molecule has 3 aromatic rings. The van der Waals surface area contributed by atoms with Crippen molar-refractivity contribution in [2.24, 2.45) is 5.73 Å². The second-order valence-corrected chi connectivity index (χ2v) is 4.61. The Hall–Kier alpha value is -2.75. The first-order valence-corrected chi connectivity index (χ1v) is 6.28. The number of hydrogen-bond acceptors (Lipinski definition) is 3. The maximum absolute atomic E-state index is 11.5. The van der Waals surface area contributed by atoms with Gasteiger partial charge in [-0.1, -0.05) is 30.3 Å². The number of fused-ring (bicyclic) bond motifs is 1. The summed E-state index contributed by atoms with van der Waals surface area (Å²) in [6, 6.07) is 13.0. The monoisotopic (exact) mass is 263 g/mol. The van der Waals surface area contributed by atoms with Crippen molar-refractivity contribution >= 4 is 16.8 Å². The van der Waals surface area contributed by atoms with Gasteiger partial charge >= 0.3 is 0 Å². The molecular formula is C16H13N3O. The van der Waals surface area contributed by atoms with Gasteiger partial charge in [0, 0.05) is 17.1 Å². The summed E-state index contributed by atoms with van der Waals surface area (Å²) >= 11 is 0. The molecule has 3 rings (SSSR count). The SMILES string of the molecule is Cc1cccc2nc(-c3ccccc3C(N)=O)ncc12. The van der Waals surface area contributed by atoms with Gasteiger partial charge in [-0.15, -0.1) is 0 Å². The Kier molecular flexibility index (Phi) is 2.91. The summed E-state index contributed by atoms with van der Waals surface area (Å²) in [6.07, 6.45) is 1.78. The Bertz CT molecular complexity index is 812. The molecule has 0 radical (unpaired) electrons. The third-order valence-electron chi connectivity index (χ3n) is 3.28. The number of amides is 1. The van der Waals surface area contributed by atoms with Crippen LogP contribution in [0.25, 0.3) is 22.3 Å². The zero-order chi connectivity index (χ0) is 14.1. The highest BCUT2D eigenvalue weighted by Crippen LogP contribution is 2.23. The van der Waals surface area contributed by atoms with Crippen molar-refractivity contribution in [2.45, 2.75) is 6.92 Å². The number of nitrogens with zero attached hydrogens (tertiary/aromatic N) is 2. The highest BCUT2D eigenvalue weighted by molar-refractivity contribution is 5.99. The van der Waals surface area contributed by atoms with Crippen LogP contribution >= 0.6 is 0 Å². The van der Waals surface area contributed by atoms with E-state index in [-0.39, 0.29) is 0 Å². The average molecular weight is 263 g/mol. The highest BCUT2D eigenvalue weighted by Gasteiger charge is 2.12. The van der Waals surface area contributed by atoms with Crippen molar-refractivity contribution in [3.8, 4) is 11.4 Å². The summed E-state index contributed by atoms with van der Waals surface area (Å²) < 4.78 is 0. The van der Waals surface area contributed by atoms with E-state index in [0.717, 1.165) is 16.5 Å². The average Bonchev–Trinajstić information content (AvgIpc) is 2.47. The largest absolute Gasteiger partial charge is 0.366 e. The Balaban J connectivity index is 2.23.